The maximum absolute atomic E-state index is 5.60. The summed E-state index contributed by atoms with van der Waals surface area (Å²) < 4.78 is 0. The SMILES string of the molecule is Cc1cc(NC(C)C(C)CN)ccn1. The first-order valence-electron chi connectivity index (χ1n) is 5.02. The van der Waals surface area contributed by atoms with Gasteiger partial charge in [0, 0.05) is 23.6 Å². The molecule has 0 amide bonds. The highest BCUT2D eigenvalue weighted by atomic mass is 14.9. The van der Waals surface area contributed by atoms with Gasteiger partial charge < -0.3 is 11.1 Å². The van der Waals surface area contributed by atoms with E-state index in [9.17, 15) is 0 Å². The van der Waals surface area contributed by atoms with E-state index < -0.39 is 0 Å². The van der Waals surface area contributed by atoms with E-state index in [0.29, 0.717) is 18.5 Å². The van der Waals surface area contributed by atoms with Crippen LogP contribution in [0.25, 0.3) is 0 Å². The van der Waals surface area contributed by atoms with E-state index in [4.69, 9.17) is 5.73 Å². The summed E-state index contributed by atoms with van der Waals surface area (Å²) >= 11 is 0. The van der Waals surface area contributed by atoms with Gasteiger partial charge in [-0.1, -0.05) is 6.92 Å². The standard InChI is InChI=1S/C11H19N3/c1-8(7-12)10(3)14-11-4-5-13-9(2)6-11/h4-6,8,10H,7,12H2,1-3H3,(H,13,14). The molecule has 0 saturated heterocycles. The van der Waals surface area contributed by atoms with Gasteiger partial charge in [-0.3, -0.25) is 4.98 Å². The number of nitrogens with one attached hydrogen (secondary N) is 1. The average Bonchev–Trinajstić information content (AvgIpc) is 2.16. The molecule has 2 atom stereocenters. The van der Waals surface area contributed by atoms with Gasteiger partial charge in [0.2, 0.25) is 0 Å². The second-order valence-electron chi connectivity index (χ2n) is 3.83. The van der Waals surface area contributed by atoms with Gasteiger partial charge in [-0.05, 0) is 38.4 Å². The quantitative estimate of drug-likeness (QED) is 0.766. The maximum atomic E-state index is 5.60. The first-order chi connectivity index (χ1) is 6.63. The maximum Gasteiger partial charge on any atom is 0.0393 e. The number of aromatic nitrogens is 1. The monoisotopic (exact) mass is 193 g/mol. The number of rotatable bonds is 4. The van der Waals surface area contributed by atoms with Crippen LogP contribution in [0, 0.1) is 12.8 Å². The van der Waals surface area contributed by atoms with Gasteiger partial charge >= 0.3 is 0 Å². The predicted octanol–water partition coefficient (Wildman–Crippen LogP) is 1.79. The summed E-state index contributed by atoms with van der Waals surface area (Å²) in [6.45, 7) is 6.99. The molecular weight excluding hydrogens is 174 g/mol. The molecule has 0 aliphatic heterocycles. The summed E-state index contributed by atoms with van der Waals surface area (Å²) in [5.41, 5.74) is 7.75. The molecule has 0 fully saturated rings. The van der Waals surface area contributed by atoms with Crippen molar-refractivity contribution >= 4 is 5.69 Å². The van der Waals surface area contributed by atoms with Crippen LogP contribution < -0.4 is 11.1 Å². The Morgan fingerprint density at radius 1 is 1.50 bits per heavy atom. The average molecular weight is 193 g/mol. The molecular formula is C11H19N3. The van der Waals surface area contributed by atoms with Crippen molar-refractivity contribution in [3.05, 3.63) is 24.0 Å². The lowest BCUT2D eigenvalue weighted by Crippen LogP contribution is -2.29. The smallest absolute Gasteiger partial charge is 0.0393 e. The molecule has 2 unspecified atom stereocenters. The fourth-order valence-electron chi connectivity index (χ4n) is 1.24. The highest BCUT2D eigenvalue weighted by Gasteiger charge is 2.09. The lowest BCUT2D eigenvalue weighted by Gasteiger charge is -2.20. The van der Waals surface area contributed by atoms with Gasteiger partial charge in [-0.2, -0.15) is 0 Å². The number of aryl methyl sites for hydroxylation is 1. The van der Waals surface area contributed by atoms with E-state index in [1.54, 1.807) is 0 Å². The van der Waals surface area contributed by atoms with Gasteiger partial charge in [0.15, 0.2) is 0 Å². The van der Waals surface area contributed by atoms with E-state index in [-0.39, 0.29) is 0 Å². The van der Waals surface area contributed by atoms with Gasteiger partial charge in [-0.15, -0.1) is 0 Å². The molecule has 0 saturated carbocycles. The van der Waals surface area contributed by atoms with Gasteiger partial charge in [0.05, 0.1) is 0 Å². The van der Waals surface area contributed by atoms with E-state index in [2.05, 4.69) is 24.1 Å². The summed E-state index contributed by atoms with van der Waals surface area (Å²) in [5.74, 6) is 0.475. The molecule has 0 aromatic carbocycles. The summed E-state index contributed by atoms with van der Waals surface area (Å²) in [6.07, 6.45) is 1.82. The molecule has 0 aliphatic carbocycles. The largest absolute Gasteiger partial charge is 0.382 e. The number of hydrogen-bond acceptors (Lipinski definition) is 3. The first kappa shape index (κ1) is 11.0. The summed E-state index contributed by atoms with van der Waals surface area (Å²) in [6, 6.07) is 4.41. The molecule has 1 heterocycles. The zero-order valence-corrected chi connectivity index (χ0v) is 9.12. The third-order valence-electron chi connectivity index (χ3n) is 2.52. The molecule has 14 heavy (non-hydrogen) atoms. The predicted molar refractivity (Wildman–Crippen MR) is 60.3 cm³/mol. The van der Waals surface area contributed by atoms with E-state index in [0.717, 1.165) is 11.4 Å². The normalized spacial score (nSPS) is 14.9. The number of pyridine rings is 1. The van der Waals surface area contributed by atoms with Crippen molar-refractivity contribution in [3.63, 3.8) is 0 Å². The Kier molecular flexibility index (Phi) is 3.89. The Morgan fingerprint density at radius 2 is 2.21 bits per heavy atom. The molecule has 1 aromatic rings. The van der Waals surface area contributed by atoms with Crippen LogP contribution >= 0.6 is 0 Å². The van der Waals surface area contributed by atoms with E-state index in [1.807, 2.05) is 25.3 Å². The molecule has 3 heteroatoms. The zero-order valence-electron chi connectivity index (χ0n) is 9.12. The Balaban J connectivity index is 2.60. The van der Waals surface area contributed by atoms with Crippen LogP contribution in [0.5, 0.6) is 0 Å². The van der Waals surface area contributed by atoms with Crippen molar-refractivity contribution in [2.24, 2.45) is 11.7 Å². The van der Waals surface area contributed by atoms with Crippen LogP contribution in [0.15, 0.2) is 18.3 Å². The first-order valence-corrected chi connectivity index (χ1v) is 5.02. The van der Waals surface area contributed by atoms with Crippen LogP contribution in [0.4, 0.5) is 5.69 Å². The number of hydrogen-bond donors (Lipinski definition) is 2. The minimum atomic E-state index is 0.391. The molecule has 0 spiro atoms. The highest BCUT2D eigenvalue weighted by molar-refractivity contribution is 5.43. The number of nitrogens with two attached hydrogens (primary N) is 1. The molecule has 1 rings (SSSR count). The molecule has 0 radical (unpaired) electrons. The Hall–Kier alpha value is -1.09. The lowest BCUT2D eigenvalue weighted by molar-refractivity contribution is 0.521. The third-order valence-corrected chi connectivity index (χ3v) is 2.52. The van der Waals surface area contributed by atoms with Crippen molar-refractivity contribution in [2.75, 3.05) is 11.9 Å². The van der Waals surface area contributed by atoms with Gasteiger partial charge in [-0.25, -0.2) is 0 Å². The second-order valence-corrected chi connectivity index (χ2v) is 3.83. The molecule has 78 valence electrons. The molecule has 1 aromatic heterocycles. The fraction of sp³-hybridized carbons (Fsp3) is 0.545. The van der Waals surface area contributed by atoms with Crippen LogP contribution in [-0.4, -0.2) is 17.6 Å². The Labute approximate surface area is 85.7 Å². The van der Waals surface area contributed by atoms with Crippen LogP contribution in [0.2, 0.25) is 0 Å². The fourth-order valence-corrected chi connectivity index (χ4v) is 1.24. The second kappa shape index (κ2) is 4.96. The minimum absolute atomic E-state index is 0.391. The van der Waals surface area contributed by atoms with Crippen molar-refractivity contribution < 1.29 is 0 Å². The molecule has 3 N–H and O–H groups in total. The van der Waals surface area contributed by atoms with Crippen molar-refractivity contribution in [2.45, 2.75) is 26.8 Å². The van der Waals surface area contributed by atoms with Crippen molar-refractivity contribution in [3.8, 4) is 0 Å². The molecule has 3 nitrogen and oxygen atoms in total. The number of anilines is 1. The topological polar surface area (TPSA) is 50.9 Å². The lowest BCUT2D eigenvalue weighted by atomic mass is 10.0. The zero-order chi connectivity index (χ0) is 10.6. The Bertz CT molecular complexity index is 286. The summed E-state index contributed by atoms with van der Waals surface area (Å²) in [5, 5.41) is 3.41. The summed E-state index contributed by atoms with van der Waals surface area (Å²) in [4.78, 5) is 4.15. The highest BCUT2D eigenvalue weighted by Crippen LogP contribution is 2.12. The Morgan fingerprint density at radius 3 is 2.79 bits per heavy atom. The van der Waals surface area contributed by atoms with E-state index >= 15 is 0 Å². The van der Waals surface area contributed by atoms with Crippen LogP contribution in [-0.2, 0) is 0 Å². The van der Waals surface area contributed by atoms with Crippen LogP contribution in [0.3, 0.4) is 0 Å². The van der Waals surface area contributed by atoms with Gasteiger partial charge in [0.25, 0.3) is 0 Å². The van der Waals surface area contributed by atoms with Crippen molar-refractivity contribution in [1.82, 2.24) is 4.98 Å². The molecule has 0 aliphatic rings. The molecule has 0 bridgehead atoms. The van der Waals surface area contributed by atoms with E-state index in [1.165, 1.54) is 0 Å². The number of nitrogens with zero attached hydrogens (tertiary/aromatic N) is 1. The summed E-state index contributed by atoms with van der Waals surface area (Å²) in [7, 11) is 0. The minimum Gasteiger partial charge on any atom is -0.382 e. The van der Waals surface area contributed by atoms with Gasteiger partial charge in [0.1, 0.15) is 0 Å². The third kappa shape index (κ3) is 3.00. The van der Waals surface area contributed by atoms with Crippen LogP contribution in [0.1, 0.15) is 19.5 Å². The van der Waals surface area contributed by atoms with Crippen molar-refractivity contribution in [1.29, 1.82) is 0 Å².